The van der Waals surface area contributed by atoms with Crippen molar-refractivity contribution in [1.29, 1.82) is 0 Å². The SMILES string of the molecule is CCCn1ccnc1Nc1c(C)cccc1Cl. The molecule has 3 nitrogen and oxygen atoms in total. The second-order valence-electron chi connectivity index (χ2n) is 4.00. The Bertz CT molecular complexity index is 485. The van der Waals surface area contributed by atoms with Crippen LogP contribution in [0.5, 0.6) is 0 Å². The first-order chi connectivity index (χ1) is 8.22. The van der Waals surface area contributed by atoms with E-state index in [0.717, 1.165) is 35.2 Å². The number of hydrogen-bond acceptors (Lipinski definition) is 2. The summed E-state index contributed by atoms with van der Waals surface area (Å²) in [6.07, 6.45) is 4.84. The molecule has 0 aliphatic heterocycles. The summed E-state index contributed by atoms with van der Waals surface area (Å²) in [5.41, 5.74) is 2.04. The van der Waals surface area contributed by atoms with E-state index in [9.17, 15) is 0 Å². The van der Waals surface area contributed by atoms with E-state index in [0.29, 0.717) is 0 Å². The van der Waals surface area contributed by atoms with Crippen molar-refractivity contribution in [1.82, 2.24) is 9.55 Å². The smallest absolute Gasteiger partial charge is 0.207 e. The third-order valence-electron chi connectivity index (χ3n) is 2.64. The number of nitrogens with zero attached hydrogens (tertiary/aromatic N) is 2. The number of nitrogens with one attached hydrogen (secondary N) is 1. The van der Waals surface area contributed by atoms with E-state index >= 15 is 0 Å². The average molecular weight is 250 g/mol. The quantitative estimate of drug-likeness (QED) is 0.888. The van der Waals surface area contributed by atoms with E-state index in [1.807, 2.05) is 31.3 Å². The Morgan fingerprint density at radius 1 is 1.41 bits per heavy atom. The highest BCUT2D eigenvalue weighted by atomic mass is 35.5. The van der Waals surface area contributed by atoms with Gasteiger partial charge in [0.25, 0.3) is 0 Å². The van der Waals surface area contributed by atoms with Crippen molar-refractivity contribution >= 4 is 23.2 Å². The van der Waals surface area contributed by atoms with Crippen molar-refractivity contribution < 1.29 is 0 Å². The van der Waals surface area contributed by atoms with E-state index in [1.54, 1.807) is 6.20 Å². The Morgan fingerprint density at radius 3 is 2.94 bits per heavy atom. The molecule has 1 N–H and O–H groups in total. The summed E-state index contributed by atoms with van der Waals surface area (Å²) in [7, 11) is 0. The van der Waals surface area contributed by atoms with Gasteiger partial charge in [0.1, 0.15) is 0 Å². The fourth-order valence-electron chi connectivity index (χ4n) is 1.76. The normalized spacial score (nSPS) is 10.5. The number of imidazole rings is 1. The van der Waals surface area contributed by atoms with Crippen LogP contribution in [0.2, 0.25) is 5.02 Å². The minimum atomic E-state index is 0.719. The van der Waals surface area contributed by atoms with Crippen LogP contribution in [0, 0.1) is 6.92 Å². The van der Waals surface area contributed by atoms with Gasteiger partial charge in [0.15, 0.2) is 0 Å². The zero-order valence-corrected chi connectivity index (χ0v) is 10.8. The minimum absolute atomic E-state index is 0.719. The highest BCUT2D eigenvalue weighted by Crippen LogP contribution is 2.28. The molecule has 0 amide bonds. The third kappa shape index (κ3) is 2.61. The van der Waals surface area contributed by atoms with Gasteiger partial charge in [0.2, 0.25) is 5.95 Å². The molecule has 0 unspecified atom stereocenters. The molecular formula is C13H16ClN3. The number of benzene rings is 1. The van der Waals surface area contributed by atoms with Crippen molar-refractivity contribution in [2.45, 2.75) is 26.8 Å². The number of halogens is 1. The topological polar surface area (TPSA) is 29.9 Å². The second-order valence-corrected chi connectivity index (χ2v) is 4.41. The fourth-order valence-corrected chi connectivity index (χ4v) is 2.03. The van der Waals surface area contributed by atoms with Crippen LogP contribution in [-0.4, -0.2) is 9.55 Å². The number of rotatable bonds is 4. The largest absolute Gasteiger partial charge is 0.324 e. The Kier molecular flexibility index (Phi) is 3.69. The molecule has 4 heteroatoms. The van der Waals surface area contributed by atoms with Crippen LogP contribution < -0.4 is 5.32 Å². The standard InChI is InChI=1S/C13H16ClN3/c1-3-8-17-9-7-15-13(17)16-12-10(2)5-4-6-11(12)14/h4-7,9H,3,8H2,1-2H3,(H,15,16). The molecule has 0 radical (unpaired) electrons. The van der Waals surface area contributed by atoms with Crippen LogP contribution in [0.15, 0.2) is 30.6 Å². The van der Waals surface area contributed by atoms with Crippen molar-refractivity contribution in [3.8, 4) is 0 Å². The van der Waals surface area contributed by atoms with Crippen LogP contribution in [-0.2, 0) is 6.54 Å². The number of aryl methyl sites for hydroxylation is 2. The molecule has 0 saturated heterocycles. The first kappa shape index (κ1) is 12.0. The Hall–Kier alpha value is -1.48. The summed E-state index contributed by atoms with van der Waals surface area (Å²) in [6.45, 7) is 5.12. The van der Waals surface area contributed by atoms with Crippen molar-refractivity contribution in [3.05, 3.63) is 41.2 Å². The molecule has 1 aromatic carbocycles. The molecule has 0 saturated carbocycles. The average Bonchev–Trinajstić information content (AvgIpc) is 2.72. The maximum Gasteiger partial charge on any atom is 0.207 e. The summed E-state index contributed by atoms with van der Waals surface area (Å²) in [5, 5.41) is 4.01. The predicted molar refractivity (Wildman–Crippen MR) is 72.0 cm³/mol. The lowest BCUT2D eigenvalue weighted by Gasteiger charge is -2.12. The van der Waals surface area contributed by atoms with Gasteiger partial charge < -0.3 is 9.88 Å². The van der Waals surface area contributed by atoms with Crippen LogP contribution in [0.1, 0.15) is 18.9 Å². The molecule has 2 aromatic rings. The van der Waals surface area contributed by atoms with E-state index in [1.165, 1.54) is 0 Å². The lowest BCUT2D eigenvalue weighted by Crippen LogP contribution is -2.04. The highest BCUT2D eigenvalue weighted by Gasteiger charge is 2.07. The van der Waals surface area contributed by atoms with E-state index in [4.69, 9.17) is 11.6 Å². The summed E-state index contributed by atoms with van der Waals surface area (Å²) >= 11 is 6.18. The molecule has 17 heavy (non-hydrogen) atoms. The highest BCUT2D eigenvalue weighted by molar-refractivity contribution is 6.33. The summed E-state index contributed by atoms with van der Waals surface area (Å²) in [4.78, 5) is 4.31. The zero-order valence-electron chi connectivity index (χ0n) is 10.1. The zero-order chi connectivity index (χ0) is 12.3. The first-order valence-electron chi connectivity index (χ1n) is 5.75. The Morgan fingerprint density at radius 2 is 2.24 bits per heavy atom. The van der Waals surface area contributed by atoms with Crippen LogP contribution in [0.4, 0.5) is 11.6 Å². The molecule has 0 bridgehead atoms. The Labute approximate surface area is 106 Å². The van der Waals surface area contributed by atoms with E-state index in [-0.39, 0.29) is 0 Å². The van der Waals surface area contributed by atoms with Gasteiger partial charge in [-0.1, -0.05) is 30.7 Å². The van der Waals surface area contributed by atoms with E-state index < -0.39 is 0 Å². The lowest BCUT2D eigenvalue weighted by atomic mass is 10.2. The van der Waals surface area contributed by atoms with Crippen LogP contribution in [0.3, 0.4) is 0 Å². The summed E-state index contributed by atoms with van der Waals surface area (Å²) < 4.78 is 2.09. The van der Waals surface area contributed by atoms with Gasteiger partial charge >= 0.3 is 0 Å². The molecule has 0 aliphatic carbocycles. The molecule has 2 rings (SSSR count). The van der Waals surface area contributed by atoms with Gasteiger partial charge in [-0.05, 0) is 25.0 Å². The maximum absolute atomic E-state index is 6.18. The van der Waals surface area contributed by atoms with Crippen LogP contribution in [0.25, 0.3) is 0 Å². The van der Waals surface area contributed by atoms with Gasteiger partial charge in [-0.2, -0.15) is 0 Å². The molecule has 0 aliphatic rings. The summed E-state index contributed by atoms with van der Waals surface area (Å²) in [5.74, 6) is 0.836. The van der Waals surface area contributed by atoms with Gasteiger partial charge in [0.05, 0.1) is 10.7 Å². The number of aromatic nitrogens is 2. The molecule has 0 atom stereocenters. The summed E-state index contributed by atoms with van der Waals surface area (Å²) in [6, 6.07) is 5.85. The molecule has 90 valence electrons. The number of anilines is 2. The van der Waals surface area contributed by atoms with Crippen molar-refractivity contribution in [3.63, 3.8) is 0 Å². The molecular weight excluding hydrogens is 234 g/mol. The molecule has 0 spiro atoms. The van der Waals surface area contributed by atoms with Gasteiger partial charge in [-0.3, -0.25) is 0 Å². The second kappa shape index (κ2) is 5.23. The van der Waals surface area contributed by atoms with Crippen molar-refractivity contribution in [2.75, 3.05) is 5.32 Å². The van der Waals surface area contributed by atoms with Crippen molar-refractivity contribution in [2.24, 2.45) is 0 Å². The fraction of sp³-hybridized carbons (Fsp3) is 0.308. The number of para-hydroxylation sites is 1. The lowest BCUT2D eigenvalue weighted by molar-refractivity contribution is 0.686. The Balaban J connectivity index is 2.28. The van der Waals surface area contributed by atoms with E-state index in [2.05, 4.69) is 21.8 Å². The number of hydrogen-bond donors (Lipinski definition) is 1. The van der Waals surface area contributed by atoms with Gasteiger partial charge in [-0.15, -0.1) is 0 Å². The van der Waals surface area contributed by atoms with Gasteiger partial charge in [0, 0.05) is 18.9 Å². The monoisotopic (exact) mass is 249 g/mol. The molecule has 1 heterocycles. The first-order valence-corrected chi connectivity index (χ1v) is 6.13. The third-order valence-corrected chi connectivity index (χ3v) is 2.95. The molecule has 0 fully saturated rings. The van der Waals surface area contributed by atoms with Gasteiger partial charge in [-0.25, -0.2) is 4.98 Å². The maximum atomic E-state index is 6.18. The minimum Gasteiger partial charge on any atom is -0.324 e. The predicted octanol–water partition coefficient (Wildman–Crippen LogP) is 4.00. The molecule has 1 aromatic heterocycles. The van der Waals surface area contributed by atoms with Crippen LogP contribution >= 0.6 is 11.6 Å².